The molecule has 4 nitrogen and oxygen atoms in total. The number of alkyl halides is 3. The third kappa shape index (κ3) is 2.59. The van der Waals surface area contributed by atoms with Gasteiger partial charge in [0.25, 0.3) is 0 Å². The van der Waals surface area contributed by atoms with Gasteiger partial charge in [-0.2, -0.15) is 13.2 Å². The second-order valence-electron chi connectivity index (χ2n) is 4.79. The summed E-state index contributed by atoms with van der Waals surface area (Å²) in [6.07, 6.45) is -2.77. The average molecular weight is 263 g/mol. The van der Waals surface area contributed by atoms with Gasteiger partial charge in [-0.1, -0.05) is 11.6 Å². The van der Waals surface area contributed by atoms with Crippen molar-refractivity contribution in [3.05, 3.63) is 0 Å². The van der Waals surface area contributed by atoms with Gasteiger partial charge in [-0.15, -0.1) is 0 Å². The average Bonchev–Trinajstić information content (AvgIpc) is 2.71. The van der Waals surface area contributed by atoms with Crippen LogP contribution in [0, 0.1) is 11.3 Å². The van der Waals surface area contributed by atoms with Crippen molar-refractivity contribution in [2.45, 2.75) is 38.0 Å². The SMILES string of the molecule is CN1CCCCC(C2CC(C(F)(F)F)=NO2)C1=N. The number of rotatable bonds is 1. The summed E-state index contributed by atoms with van der Waals surface area (Å²) in [4.78, 5) is 6.69. The minimum absolute atomic E-state index is 0.246. The highest BCUT2D eigenvalue weighted by molar-refractivity contribution is 5.91. The van der Waals surface area contributed by atoms with E-state index >= 15 is 0 Å². The molecule has 2 aliphatic rings. The van der Waals surface area contributed by atoms with Crippen LogP contribution in [-0.4, -0.2) is 42.3 Å². The molecule has 1 N–H and O–H groups in total. The molecule has 0 aliphatic carbocycles. The topological polar surface area (TPSA) is 48.7 Å². The Bertz CT molecular complexity index is 367. The van der Waals surface area contributed by atoms with Gasteiger partial charge in [0.2, 0.25) is 0 Å². The molecule has 2 atom stereocenters. The molecule has 0 aromatic rings. The largest absolute Gasteiger partial charge is 0.432 e. The molecule has 18 heavy (non-hydrogen) atoms. The molecule has 0 amide bonds. The number of nitrogens with zero attached hydrogens (tertiary/aromatic N) is 2. The van der Waals surface area contributed by atoms with Gasteiger partial charge >= 0.3 is 6.18 Å². The summed E-state index contributed by atoms with van der Waals surface area (Å²) in [5, 5.41) is 11.1. The first kappa shape index (κ1) is 13.2. The van der Waals surface area contributed by atoms with Crippen molar-refractivity contribution >= 4 is 11.5 Å². The van der Waals surface area contributed by atoms with Crippen molar-refractivity contribution in [1.29, 1.82) is 5.41 Å². The number of likely N-dealkylation sites (tertiary alicyclic amines) is 1. The first-order chi connectivity index (χ1) is 8.39. The van der Waals surface area contributed by atoms with Crippen molar-refractivity contribution in [2.24, 2.45) is 11.1 Å². The molecule has 1 saturated heterocycles. The van der Waals surface area contributed by atoms with Crippen LogP contribution < -0.4 is 0 Å². The Morgan fingerprint density at radius 3 is 2.72 bits per heavy atom. The third-order valence-electron chi connectivity index (χ3n) is 3.49. The highest BCUT2D eigenvalue weighted by Gasteiger charge is 2.44. The van der Waals surface area contributed by atoms with Crippen LogP contribution in [-0.2, 0) is 4.84 Å². The minimum atomic E-state index is -4.42. The summed E-state index contributed by atoms with van der Waals surface area (Å²) in [5.74, 6) is 0.0669. The highest BCUT2D eigenvalue weighted by atomic mass is 19.4. The van der Waals surface area contributed by atoms with Gasteiger partial charge in [-0.25, -0.2) is 0 Å². The fraction of sp³-hybridized carbons (Fsp3) is 0.818. The van der Waals surface area contributed by atoms with Gasteiger partial charge in [-0.05, 0) is 12.8 Å². The van der Waals surface area contributed by atoms with Crippen molar-refractivity contribution < 1.29 is 18.0 Å². The molecule has 0 aromatic heterocycles. The summed E-state index contributed by atoms with van der Waals surface area (Å²) >= 11 is 0. The van der Waals surface area contributed by atoms with Crippen molar-refractivity contribution in [1.82, 2.24) is 4.90 Å². The number of halogens is 3. The molecule has 0 saturated carbocycles. The highest BCUT2D eigenvalue weighted by Crippen LogP contribution is 2.32. The van der Waals surface area contributed by atoms with Gasteiger partial charge in [0, 0.05) is 20.0 Å². The van der Waals surface area contributed by atoms with Crippen molar-refractivity contribution in [3.63, 3.8) is 0 Å². The smallest absolute Gasteiger partial charge is 0.391 e. The van der Waals surface area contributed by atoms with E-state index in [0.29, 0.717) is 12.3 Å². The molecule has 1 fully saturated rings. The Morgan fingerprint density at radius 2 is 2.11 bits per heavy atom. The fourth-order valence-corrected chi connectivity index (χ4v) is 2.40. The maximum atomic E-state index is 12.5. The van der Waals surface area contributed by atoms with Crippen LogP contribution in [0.3, 0.4) is 0 Å². The summed E-state index contributed by atoms with van der Waals surface area (Å²) in [6.45, 7) is 0.773. The van der Waals surface area contributed by atoms with Gasteiger partial charge in [0.05, 0.1) is 5.92 Å². The fourth-order valence-electron chi connectivity index (χ4n) is 2.40. The van der Waals surface area contributed by atoms with Crippen molar-refractivity contribution in [2.75, 3.05) is 13.6 Å². The lowest BCUT2D eigenvalue weighted by Gasteiger charge is -2.26. The second kappa shape index (κ2) is 4.78. The Labute approximate surface area is 103 Å². The number of hydrogen-bond donors (Lipinski definition) is 1. The first-order valence-electron chi connectivity index (χ1n) is 5.99. The van der Waals surface area contributed by atoms with Gasteiger partial charge in [0.1, 0.15) is 11.9 Å². The predicted octanol–water partition coefficient (Wildman–Crippen LogP) is 2.40. The summed E-state index contributed by atoms with van der Waals surface area (Å²) in [6, 6.07) is 0. The molecular formula is C11H16F3N3O. The van der Waals surface area contributed by atoms with E-state index in [1.807, 2.05) is 0 Å². The lowest BCUT2D eigenvalue weighted by atomic mass is 9.92. The first-order valence-corrected chi connectivity index (χ1v) is 5.99. The molecule has 2 unspecified atom stereocenters. The molecule has 0 radical (unpaired) electrons. The van der Waals surface area contributed by atoms with Crippen LogP contribution in [0.25, 0.3) is 0 Å². The van der Waals surface area contributed by atoms with E-state index < -0.39 is 18.0 Å². The normalized spacial score (nSPS) is 29.9. The second-order valence-corrected chi connectivity index (χ2v) is 4.79. The Kier molecular flexibility index (Phi) is 3.49. The van der Waals surface area contributed by atoms with Crippen LogP contribution in [0.4, 0.5) is 13.2 Å². The molecular weight excluding hydrogens is 247 g/mol. The van der Waals surface area contributed by atoms with Gasteiger partial charge in [0.15, 0.2) is 5.71 Å². The van der Waals surface area contributed by atoms with Crippen LogP contribution in [0.15, 0.2) is 5.16 Å². The Balaban J connectivity index is 2.03. The zero-order valence-electron chi connectivity index (χ0n) is 10.1. The molecule has 2 aliphatic heterocycles. The molecule has 0 spiro atoms. The summed E-state index contributed by atoms with van der Waals surface area (Å²) < 4.78 is 37.4. The maximum Gasteiger partial charge on any atom is 0.432 e. The lowest BCUT2D eigenvalue weighted by molar-refractivity contribution is -0.0604. The predicted molar refractivity (Wildman–Crippen MR) is 60.7 cm³/mol. The quantitative estimate of drug-likeness (QED) is 0.789. The van der Waals surface area contributed by atoms with E-state index in [4.69, 9.17) is 10.2 Å². The zero-order valence-corrected chi connectivity index (χ0v) is 10.1. The van der Waals surface area contributed by atoms with E-state index in [9.17, 15) is 13.2 Å². The van der Waals surface area contributed by atoms with Crippen LogP contribution in [0.5, 0.6) is 0 Å². The molecule has 0 bridgehead atoms. The minimum Gasteiger partial charge on any atom is -0.391 e. The van der Waals surface area contributed by atoms with Crippen LogP contribution in [0.1, 0.15) is 25.7 Å². The number of hydrogen-bond acceptors (Lipinski definition) is 3. The van der Waals surface area contributed by atoms with Crippen molar-refractivity contribution in [3.8, 4) is 0 Å². The molecule has 2 rings (SSSR count). The molecule has 102 valence electrons. The molecule has 0 aromatic carbocycles. The van der Waals surface area contributed by atoms with E-state index in [0.717, 1.165) is 19.4 Å². The Morgan fingerprint density at radius 1 is 1.39 bits per heavy atom. The lowest BCUT2D eigenvalue weighted by Crippen LogP contribution is -2.37. The number of amidine groups is 1. The standard InChI is InChI=1S/C11H16F3N3O/c1-17-5-3-2-4-7(10(17)15)8-6-9(16-18-8)11(12,13)14/h7-8,15H,2-6H2,1H3. The Hall–Kier alpha value is -1.27. The van der Waals surface area contributed by atoms with Crippen LogP contribution in [0.2, 0.25) is 0 Å². The van der Waals surface area contributed by atoms with E-state index in [2.05, 4.69) is 5.16 Å². The summed E-state index contributed by atoms with van der Waals surface area (Å²) in [7, 11) is 1.79. The summed E-state index contributed by atoms with van der Waals surface area (Å²) in [5.41, 5.74) is -0.868. The zero-order chi connectivity index (χ0) is 13.3. The third-order valence-corrected chi connectivity index (χ3v) is 3.49. The molecule has 2 heterocycles. The monoisotopic (exact) mass is 263 g/mol. The molecule has 7 heteroatoms. The van der Waals surface area contributed by atoms with E-state index in [1.54, 1.807) is 11.9 Å². The number of oxime groups is 1. The van der Waals surface area contributed by atoms with Crippen LogP contribution >= 0.6 is 0 Å². The van der Waals surface area contributed by atoms with E-state index in [1.165, 1.54) is 0 Å². The van der Waals surface area contributed by atoms with E-state index in [-0.39, 0.29) is 12.3 Å². The van der Waals surface area contributed by atoms with Gasteiger partial charge in [-0.3, -0.25) is 5.41 Å². The number of nitrogens with one attached hydrogen (secondary N) is 1. The van der Waals surface area contributed by atoms with Gasteiger partial charge < -0.3 is 9.74 Å². The maximum absolute atomic E-state index is 12.5.